The highest BCUT2D eigenvalue weighted by atomic mass is 32.1. The quantitative estimate of drug-likeness (QED) is 0.467. The molecule has 1 atom stereocenters. The van der Waals surface area contributed by atoms with Crippen molar-refractivity contribution in [1.29, 1.82) is 0 Å². The number of thiol groups is 1. The fourth-order valence-electron chi connectivity index (χ4n) is 2.30. The summed E-state index contributed by atoms with van der Waals surface area (Å²) >= 11 is 3.86. The minimum Gasteiger partial charge on any atom is -0.330 e. The van der Waals surface area contributed by atoms with Crippen molar-refractivity contribution in [2.45, 2.75) is 25.7 Å². The molecule has 72 valence electrons. The molecule has 0 spiro atoms. The Morgan fingerprint density at radius 2 is 2.38 bits per heavy atom. The first-order valence-corrected chi connectivity index (χ1v) is 5.39. The van der Waals surface area contributed by atoms with E-state index >= 15 is 0 Å². The van der Waals surface area contributed by atoms with Gasteiger partial charge in [0.1, 0.15) is 0 Å². The second-order valence-electron chi connectivity index (χ2n) is 3.90. The number of nitrogens with zero attached hydrogens (tertiary/aromatic N) is 1. The van der Waals surface area contributed by atoms with Crippen LogP contribution in [0.15, 0.2) is 11.6 Å². The van der Waals surface area contributed by atoms with Gasteiger partial charge in [-0.2, -0.15) is 0 Å². The predicted octanol–water partition coefficient (Wildman–Crippen LogP) is 2.47. The zero-order valence-corrected chi connectivity index (χ0v) is 8.59. The summed E-state index contributed by atoms with van der Waals surface area (Å²) in [7, 11) is 0. The van der Waals surface area contributed by atoms with Gasteiger partial charge in [-0.1, -0.05) is 24.3 Å². The van der Waals surface area contributed by atoms with Crippen LogP contribution in [0.2, 0.25) is 0 Å². The van der Waals surface area contributed by atoms with E-state index in [1.165, 1.54) is 24.8 Å². The molecular formula is C10H15NOS. The maximum atomic E-state index is 11.0. The first-order valence-electron chi connectivity index (χ1n) is 4.94. The van der Waals surface area contributed by atoms with Crippen molar-refractivity contribution in [2.75, 3.05) is 13.1 Å². The Bertz CT molecular complexity index is 249. The third-order valence-electron chi connectivity index (χ3n) is 3.08. The van der Waals surface area contributed by atoms with Gasteiger partial charge in [0.05, 0.1) is 0 Å². The lowest BCUT2D eigenvalue weighted by Crippen LogP contribution is -2.37. The van der Waals surface area contributed by atoms with Crippen molar-refractivity contribution >= 4 is 17.9 Å². The van der Waals surface area contributed by atoms with Crippen LogP contribution in [0, 0.1) is 5.92 Å². The molecule has 2 nitrogen and oxygen atoms in total. The maximum absolute atomic E-state index is 11.0. The van der Waals surface area contributed by atoms with Gasteiger partial charge in [-0.15, -0.1) is 0 Å². The molecule has 1 saturated heterocycles. The second kappa shape index (κ2) is 3.74. The van der Waals surface area contributed by atoms with Gasteiger partial charge in [-0.05, 0) is 31.6 Å². The van der Waals surface area contributed by atoms with E-state index in [4.69, 9.17) is 0 Å². The Morgan fingerprint density at radius 3 is 3.15 bits per heavy atom. The Morgan fingerprint density at radius 1 is 1.54 bits per heavy atom. The molecule has 0 aromatic heterocycles. The van der Waals surface area contributed by atoms with E-state index in [1.807, 2.05) is 4.90 Å². The molecular weight excluding hydrogens is 182 g/mol. The van der Waals surface area contributed by atoms with Crippen molar-refractivity contribution in [3.8, 4) is 0 Å². The molecule has 1 fully saturated rings. The molecule has 1 amide bonds. The van der Waals surface area contributed by atoms with Gasteiger partial charge in [-0.25, -0.2) is 0 Å². The summed E-state index contributed by atoms with van der Waals surface area (Å²) < 4.78 is 0. The summed E-state index contributed by atoms with van der Waals surface area (Å²) in [5, 5.41) is -0.0788. The van der Waals surface area contributed by atoms with Gasteiger partial charge in [0, 0.05) is 13.1 Å². The number of carbonyl (C=O) groups excluding carboxylic acids is 1. The summed E-state index contributed by atoms with van der Waals surface area (Å²) in [5.74, 6) is 0.762. The van der Waals surface area contributed by atoms with Crippen LogP contribution in [0.1, 0.15) is 25.7 Å². The number of likely N-dealkylation sites (tertiary alicyclic amines) is 1. The Kier molecular flexibility index (Phi) is 2.63. The van der Waals surface area contributed by atoms with E-state index in [9.17, 15) is 4.79 Å². The predicted molar refractivity (Wildman–Crippen MR) is 56.0 cm³/mol. The number of piperidine rings is 1. The average molecular weight is 197 g/mol. The lowest BCUT2D eigenvalue weighted by atomic mass is 9.83. The highest BCUT2D eigenvalue weighted by molar-refractivity contribution is 7.96. The summed E-state index contributed by atoms with van der Waals surface area (Å²) in [5.41, 5.74) is 1.47. The van der Waals surface area contributed by atoms with Gasteiger partial charge >= 0.3 is 0 Å². The molecule has 13 heavy (non-hydrogen) atoms. The zero-order valence-electron chi connectivity index (χ0n) is 7.70. The van der Waals surface area contributed by atoms with Crippen molar-refractivity contribution in [3.05, 3.63) is 11.6 Å². The van der Waals surface area contributed by atoms with Crippen LogP contribution in [-0.4, -0.2) is 23.2 Å². The van der Waals surface area contributed by atoms with Gasteiger partial charge in [0.15, 0.2) is 0 Å². The van der Waals surface area contributed by atoms with Crippen LogP contribution in [0.5, 0.6) is 0 Å². The summed E-state index contributed by atoms with van der Waals surface area (Å²) in [6, 6.07) is 0. The molecule has 1 aliphatic carbocycles. The third-order valence-corrected chi connectivity index (χ3v) is 3.36. The van der Waals surface area contributed by atoms with Crippen LogP contribution < -0.4 is 0 Å². The number of hydrogen-bond donors (Lipinski definition) is 1. The van der Waals surface area contributed by atoms with Crippen molar-refractivity contribution < 1.29 is 4.79 Å². The monoisotopic (exact) mass is 197 g/mol. The highest BCUT2D eigenvalue weighted by Crippen LogP contribution is 2.31. The number of allylic oxidation sites excluding steroid dienone is 1. The second-order valence-corrected chi connectivity index (χ2v) is 4.28. The first-order chi connectivity index (χ1) is 6.27. The summed E-state index contributed by atoms with van der Waals surface area (Å²) in [6.45, 7) is 1.72. The van der Waals surface area contributed by atoms with Gasteiger partial charge in [0.25, 0.3) is 5.24 Å². The molecule has 0 N–H and O–H groups in total. The molecule has 0 saturated carbocycles. The molecule has 1 unspecified atom stereocenters. The van der Waals surface area contributed by atoms with Gasteiger partial charge in [0.2, 0.25) is 0 Å². The van der Waals surface area contributed by atoms with E-state index in [2.05, 4.69) is 18.7 Å². The van der Waals surface area contributed by atoms with Crippen LogP contribution in [0.4, 0.5) is 4.79 Å². The molecule has 2 rings (SSSR count). The van der Waals surface area contributed by atoms with E-state index in [0.717, 1.165) is 25.4 Å². The third kappa shape index (κ3) is 1.90. The minimum atomic E-state index is -0.0788. The molecule has 0 aromatic carbocycles. The van der Waals surface area contributed by atoms with E-state index in [-0.39, 0.29) is 5.24 Å². The maximum Gasteiger partial charge on any atom is 0.278 e. The fraction of sp³-hybridized carbons (Fsp3) is 0.700. The normalized spacial score (nSPS) is 27.9. The first kappa shape index (κ1) is 9.13. The Labute approximate surface area is 84.4 Å². The Balaban J connectivity index is 2.06. The lowest BCUT2D eigenvalue weighted by molar-refractivity contribution is 0.210. The fourth-order valence-corrected chi connectivity index (χ4v) is 2.47. The van der Waals surface area contributed by atoms with E-state index in [1.54, 1.807) is 0 Å². The van der Waals surface area contributed by atoms with Gasteiger partial charge < -0.3 is 4.90 Å². The van der Waals surface area contributed by atoms with E-state index in [0.29, 0.717) is 0 Å². The van der Waals surface area contributed by atoms with Crippen molar-refractivity contribution in [3.63, 3.8) is 0 Å². The summed E-state index contributed by atoms with van der Waals surface area (Å²) in [6.07, 6.45) is 7.29. The van der Waals surface area contributed by atoms with Crippen LogP contribution in [0.25, 0.3) is 0 Å². The highest BCUT2D eigenvalue weighted by Gasteiger charge is 2.26. The number of hydrogen-bond acceptors (Lipinski definition) is 1. The number of carbonyl (C=O) groups is 1. The Hall–Kier alpha value is -0.440. The SMILES string of the molecule is O=C(S)N1CCC2CCCC=C2C1. The molecule has 1 heterocycles. The van der Waals surface area contributed by atoms with Crippen LogP contribution >= 0.6 is 12.6 Å². The number of fused-ring (bicyclic) bond motifs is 1. The summed E-state index contributed by atoms with van der Waals surface area (Å²) in [4.78, 5) is 12.9. The molecule has 0 bridgehead atoms. The largest absolute Gasteiger partial charge is 0.330 e. The molecule has 2 aliphatic rings. The molecule has 1 aliphatic heterocycles. The van der Waals surface area contributed by atoms with Crippen LogP contribution in [-0.2, 0) is 0 Å². The van der Waals surface area contributed by atoms with E-state index < -0.39 is 0 Å². The van der Waals surface area contributed by atoms with Gasteiger partial charge in [-0.3, -0.25) is 4.79 Å². The topological polar surface area (TPSA) is 20.3 Å². The molecule has 0 radical (unpaired) electrons. The molecule has 0 aromatic rings. The molecule has 3 heteroatoms. The van der Waals surface area contributed by atoms with Crippen LogP contribution in [0.3, 0.4) is 0 Å². The van der Waals surface area contributed by atoms with Crippen molar-refractivity contribution in [1.82, 2.24) is 4.90 Å². The average Bonchev–Trinajstić information content (AvgIpc) is 2.17. The van der Waals surface area contributed by atoms with Crippen molar-refractivity contribution in [2.24, 2.45) is 5.92 Å². The lowest BCUT2D eigenvalue weighted by Gasteiger charge is -2.35. The standard InChI is InChI=1S/C10H15NOS/c12-10(13)11-6-5-8-3-1-2-4-9(8)7-11/h4,8H,1-3,5-7H2,(H,12,13). The smallest absolute Gasteiger partial charge is 0.278 e. The zero-order chi connectivity index (χ0) is 9.26. The number of rotatable bonds is 0. The minimum absolute atomic E-state index is 0.0788. The number of amides is 1.